The van der Waals surface area contributed by atoms with Crippen LogP contribution in [-0.2, 0) is 17.6 Å². The fraction of sp³-hybridized carbons (Fsp3) is 0.579. The Morgan fingerprint density at radius 2 is 1.83 bits per heavy atom. The van der Waals surface area contributed by atoms with Crippen LogP contribution in [0, 0.1) is 5.92 Å². The Morgan fingerprint density at radius 3 is 2.54 bits per heavy atom. The second-order valence-corrected chi connectivity index (χ2v) is 6.92. The lowest BCUT2D eigenvalue weighted by Crippen LogP contribution is -2.38. The van der Waals surface area contributed by atoms with Crippen LogP contribution < -0.4 is 11.1 Å². The van der Waals surface area contributed by atoms with Crippen molar-refractivity contribution < 1.29 is 9.59 Å². The maximum absolute atomic E-state index is 12.3. The molecule has 0 radical (unpaired) electrons. The van der Waals surface area contributed by atoms with Gasteiger partial charge in [-0.2, -0.15) is 0 Å². The van der Waals surface area contributed by atoms with Gasteiger partial charge in [0.25, 0.3) is 0 Å². The van der Waals surface area contributed by atoms with Crippen molar-refractivity contribution in [2.45, 2.75) is 57.4 Å². The van der Waals surface area contributed by atoms with Gasteiger partial charge in [0.2, 0.25) is 5.91 Å². The molecule has 1 unspecified atom stereocenters. The highest BCUT2D eigenvalue weighted by Gasteiger charge is 2.28. The number of fused-ring (bicyclic) bond motifs is 1. The summed E-state index contributed by atoms with van der Waals surface area (Å²) in [6.07, 6.45) is 7.49. The highest BCUT2D eigenvalue weighted by Crippen LogP contribution is 2.31. The van der Waals surface area contributed by atoms with Gasteiger partial charge in [-0.3, -0.25) is 9.59 Å². The fourth-order valence-corrected chi connectivity index (χ4v) is 3.29. The number of carbonyl (C=O) groups excluding carboxylic acids is 2. The molecule has 0 aliphatic heterocycles. The molecule has 0 aromatic heterocycles. The van der Waals surface area contributed by atoms with E-state index >= 15 is 0 Å². The van der Waals surface area contributed by atoms with Gasteiger partial charge in [-0.1, -0.05) is 12.1 Å². The molecule has 1 fully saturated rings. The van der Waals surface area contributed by atoms with Crippen molar-refractivity contribution in [1.82, 2.24) is 5.32 Å². The Balaban J connectivity index is 0.00000208. The standard InChI is InChI=1S/C19H26N2O2.ClH/c20-17(14-6-7-14)12-21-19(23)10-9-18(22)16-8-5-13-3-1-2-4-15(13)11-16;/h5,8,11,14,17H,1-4,6-7,9-10,12,20H2,(H,21,23);1H. The minimum Gasteiger partial charge on any atom is -0.355 e. The lowest BCUT2D eigenvalue weighted by atomic mass is 9.89. The minimum atomic E-state index is -0.0765. The lowest BCUT2D eigenvalue weighted by molar-refractivity contribution is -0.121. The zero-order valence-electron chi connectivity index (χ0n) is 14.1. The van der Waals surface area contributed by atoms with Gasteiger partial charge >= 0.3 is 0 Å². The third-order valence-corrected chi connectivity index (χ3v) is 5.01. The Bertz CT molecular complexity index is 599. The average molecular weight is 351 g/mol. The van der Waals surface area contributed by atoms with Crippen LogP contribution in [0.2, 0.25) is 0 Å². The normalized spacial score (nSPS) is 17.4. The van der Waals surface area contributed by atoms with Gasteiger partial charge < -0.3 is 11.1 Å². The van der Waals surface area contributed by atoms with Gasteiger partial charge in [0.1, 0.15) is 0 Å². The van der Waals surface area contributed by atoms with E-state index in [1.807, 2.05) is 12.1 Å². The molecule has 3 N–H and O–H groups in total. The molecule has 24 heavy (non-hydrogen) atoms. The van der Waals surface area contributed by atoms with E-state index in [0.717, 1.165) is 18.4 Å². The highest BCUT2D eigenvalue weighted by atomic mass is 35.5. The molecule has 0 heterocycles. The summed E-state index contributed by atoms with van der Waals surface area (Å²) >= 11 is 0. The van der Waals surface area contributed by atoms with Gasteiger partial charge in [0.15, 0.2) is 5.78 Å². The molecular weight excluding hydrogens is 324 g/mol. The highest BCUT2D eigenvalue weighted by molar-refractivity contribution is 5.98. The molecule has 1 amide bonds. The number of rotatable bonds is 7. The Hall–Kier alpha value is -1.39. The SMILES string of the molecule is Cl.NC(CNC(=O)CCC(=O)c1ccc2c(c1)CCCC2)C1CC1. The predicted octanol–water partition coefficient (Wildman–Crippen LogP) is 2.80. The molecule has 0 spiro atoms. The molecule has 5 heteroatoms. The van der Waals surface area contributed by atoms with Crippen molar-refractivity contribution in [1.29, 1.82) is 0 Å². The second kappa shape index (κ2) is 8.63. The summed E-state index contributed by atoms with van der Waals surface area (Å²) in [5, 5.41) is 2.84. The molecule has 1 atom stereocenters. The molecule has 1 aromatic carbocycles. The number of nitrogens with one attached hydrogen (secondary N) is 1. The molecule has 4 nitrogen and oxygen atoms in total. The summed E-state index contributed by atoms with van der Waals surface area (Å²) in [6, 6.07) is 6.08. The lowest BCUT2D eigenvalue weighted by Gasteiger charge is -2.16. The molecule has 3 rings (SSSR count). The summed E-state index contributed by atoms with van der Waals surface area (Å²) in [5.41, 5.74) is 9.38. The van der Waals surface area contributed by atoms with E-state index in [-0.39, 0.29) is 43.0 Å². The zero-order valence-corrected chi connectivity index (χ0v) is 14.9. The summed E-state index contributed by atoms with van der Waals surface area (Å²) in [5.74, 6) is 0.555. The Kier molecular flexibility index (Phi) is 6.81. The minimum absolute atomic E-state index is 0. The molecule has 2 aliphatic rings. The van der Waals surface area contributed by atoms with Crippen LogP contribution in [0.3, 0.4) is 0 Å². The van der Waals surface area contributed by atoms with Crippen LogP contribution in [0.5, 0.6) is 0 Å². The van der Waals surface area contributed by atoms with E-state index in [1.54, 1.807) is 0 Å². The van der Waals surface area contributed by atoms with Crippen molar-refractivity contribution in [3.63, 3.8) is 0 Å². The number of halogens is 1. The van der Waals surface area contributed by atoms with Crippen LogP contribution in [-0.4, -0.2) is 24.3 Å². The first-order valence-electron chi connectivity index (χ1n) is 8.81. The molecule has 132 valence electrons. The van der Waals surface area contributed by atoms with E-state index in [9.17, 15) is 9.59 Å². The van der Waals surface area contributed by atoms with Crippen molar-refractivity contribution in [2.75, 3.05) is 6.54 Å². The number of ketones is 1. The smallest absolute Gasteiger partial charge is 0.220 e. The van der Waals surface area contributed by atoms with Gasteiger partial charge in [0.05, 0.1) is 0 Å². The zero-order chi connectivity index (χ0) is 16.2. The number of hydrogen-bond donors (Lipinski definition) is 2. The van der Waals surface area contributed by atoms with Gasteiger partial charge in [-0.05, 0) is 61.6 Å². The van der Waals surface area contributed by atoms with E-state index < -0.39 is 0 Å². The molecular formula is C19H27ClN2O2. The summed E-state index contributed by atoms with van der Waals surface area (Å²) < 4.78 is 0. The number of hydrogen-bond acceptors (Lipinski definition) is 3. The quantitative estimate of drug-likeness (QED) is 0.743. The third kappa shape index (κ3) is 5.05. The fourth-order valence-electron chi connectivity index (χ4n) is 3.29. The van der Waals surface area contributed by atoms with Crippen molar-refractivity contribution in [3.8, 4) is 0 Å². The molecule has 2 aliphatic carbocycles. The van der Waals surface area contributed by atoms with Crippen molar-refractivity contribution in [2.24, 2.45) is 11.7 Å². The summed E-state index contributed by atoms with van der Waals surface area (Å²) in [4.78, 5) is 24.1. The Labute approximate surface area is 150 Å². The van der Waals surface area contributed by atoms with Crippen LogP contribution in [0.15, 0.2) is 18.2 Å². The number of amides is 1. The first-order chi connectivity index (χ1) is 11.1. The van der Waals surface area contributed by atoms with E-state index in [4.69, 9.17) is 5.73 Å². The number of nitrogens with two attached hydrogens (primary N) is 1. The van der Waals surface area contributed by atoms with Crippen LogP contribution in [0.4, 0.5) is 0 Å². The van der Waals surface area contributed by atoms with Crippen LogP contribution in [0.1, 0.15) is 60.0 Å². The Morgan fingerprint density at radius 1 is 1.12 bits per heavy atom. The van der Waals surface area contributed by atoms with Gasteiger partial charge in [-0.25, -0.2) is 0 Å². The number of Topliss-reactive ketones (excluding diaryl/α,β-unsaturated/α-hetero) is 1. The first-order valence-corrected chi connectivity index (χ1v) is 8.81. The van der Waals surface area contributed by atoms with E-state index in [1.165, 1.54) is 36.8 Å². The molecule has 1 saturated carbocycles. The maximum Gasteiger partial charge on any atom is 0.220 e. The number of benzene rings is 1. The third-order valence-electron chi connectivity index (χ3n) is 5.01. The van der Waals surface area contributed by atoms with E-state index in [2.05, 4.69) is 11.4 Å². The second-order valence-electron chi connectivity index (χ2n) is 6.92. The van der Waals surface area contributed by atoms with Crippen molar-refractivity contribution in [3.05, 3.63) is 34.9 Å². The largest absolute Gasteiger partial charge is 0.355 e. The average Bonchev–Trinajstić information content (AvgIpc) is 3.42. The molecule has 1 aromatic rings. The summed E-state index contributed by atoms with van der Waals surface area (Å²) in [6.45, 7) is 0.524. The van der Waals surface area contributed by atoms with Crippen LogP contribution in [0.25, 0.3) is 0 Å². The monoisotopic (exact) mass is 350 g/mol. The first kappa shape index (κ1) is 18.9. The van der Waals surface area contributed by atoms with Gasteiger partial charge in [0, 0.05) is 31.0 Å². The molecule has 0 bridgehead atoms. The molecule has 0 saturated heterocycles. The summed E-state index contributed by atoms with van der Waals surface area (Å²) in [7, 11) is 0. The number of carbonyl (C=O) groups is 2. The van der Waals surface area contributed by atoms with E-state index in [0.29, 0.717) is 12.5 Å². The maximum atomic E-state index is 12.3. The van der Waals surface area contributed by atoms with Crippen LogP contribution >= 0.6 is 12.4 Å². The van der Waals surface area contributed by atoms with Crippen molar-refractivity contribution >= 4 is 24.1 Å². The number of aryl methyl sites for hydroxylation is 2. The van der Waals surface area contributed by atoms with Gasteiger partial charge in [-0.15, -0.1) is 12.4 Å². The predicted molar refractivity (Wildman–Crippen MR) is 97.6 cm³/mol. The topological polar surface area (TPSA) is 72.2 Å².